The lowest BCUT2D eigenvalue weighted by atomic mass is 10.1. The Hall–Kier alpha value is -4.27. The van der Waals surface area contributed by atoms with E-state index in [1.165, 1.54) is 12.3 Å². The van der Waals surface area contributed by atoms with Gasteiger partial charge in [0.05, 0.1) is 11.8 Å². The molecule has 3 aromatic carbocycles. The summed E-state index contributed by atoms with van der Waals surface area (Å²) in [4.78, 5) is 15.4. The average molecular weight is 482 g/mol. The fourth-order valence-electron chi connectivity index (χ4n) is 3.60. The number of carbonyl (C=O) groups is 1. The predicted molar refractivity (Wildman–Crippen MR) is 124 cm³/mol. The summed E-state index contributed by atoms with van der Waals surface area (Å²) in [5, 5.41) is 13.2. The standard InChI is InChI=1S/C26H21F3N2O4/c27-26(28,29)21-8-4-7-19(11-21)16-34-22-9-10-24-23(12-22)20(13-30-35-17-25(32)33)15-31(24)14-18-5-2-1-3-6-18/h1-13,15H,14,16-17H2,(H,32,33)/b30-13+. The van der Waals surface area contributed by atoms with Crippen molar-refractivity contribution in [3.63, 3.8) is 0 Å². The number of hydrogen-bond donors (Lipinski definition) is 1. The van der Waals surface area contributed by atoms with Crippen molar-refractivity contribution in [2.75, 3.05) is 6.61 Å². The average Bonchev–Trinajstić information content (AvgIpc) is 3.17. The summed E-state index contributed by atoms with van der Waals surface area (Å²) >= 11 is 0. The van der Waals surface area contributed by atoms with Crippen LogP contribution in [-0.4, -0.2) is 28.5 Å². The van der Waals surface area contributed by atoms with E-state index in [1.807, 2.05) is 47.2 Å². The van der Waals surface area contributed by atoms with Crippen LogP contribution in [0.25, 0.3) is 10.9 Å². The van der Waals surface area contributed by atoms with Gasteiger partial charge in [-0.15, -0.1) is 0 Å². The van der Waals surface area contributed by atoms with E-state index in [1.54, 1.807) is 18.2 Å². The summed E-state index contributed by atoms with van der Waals surface area (Å²) < 4.78 is 46.7. The molecule has 4 aromatic rings. The molecule has 0 aliphatic carbocycles. The zero-order chi connectivity index (χ0) is 24.8. The second-order valence-corrected chi connectivity index (χ2v) is 7.77. The highest BCUT2D eigenvalue weighted by molar-refractivity contribution is 6.00. The van der Waals surface area contributed by atoms with Crippen LogP contribution in [0.15, 0.2) is 84.1 Å². The zero-order valence-corrected chi connectivity index (χ0v) is 18.4. The van der Waals surface area contributed by atoms with Crippen molar-refractivity contribution in [2.45, 2.75) is 19.3 Å². The minimum absolute atomic E-state index is 0.0364. The Morgan fingerprint density at radius 3 is 2.51 bits per heavy atom. The molecule has 1 aromatic heterocycles. The maximum Gasteiger partial charge on any atom is 0.416 e. The van der Waals surface area contributed by atoms with Crippen LogP contribution >= 0.6 is 0 Å². The van der Waals surface area contributed by atoms with Gasteiger partial charge in [0, 0.05) is 29.2 Å². The fraction of sp³-hybridized carbons (Fsp3) is 0.154. The Morgan fingerprint density at radius 1 is 1.00 bits per heavy atom. The Labute approximate surface area is 198 Å². The molecule has 0 atom stereocenters. The molecule has 1 N–H and O–H groups in total. The van der Waals surface area contributed by atoms with Crippen molar-refractivity contribution in [1.82, 2.24) is 4.57 Å². The number of oxime groups is 1. The summed E-state index contributed by atoms with van der Waals surface area (Å²) in [6.45, 7) is -0.0125. The molecule has 0 saturated carbocycles. The quantitative estimate of drug-likeness (QED) is 0.245. The third-order valence-electron chi connectivity index (χ3n) is 5.19. The summed E-state index contributed by atoms with van der Waals surface area (Å²) in [5.74, 6) is -0.674. The SMILES string of the molecule is O=C(O)CO/N=C/c1cn(Cc2ccccc2)c2ccc(OCc3cccc(C(F)(F)F)c3)cc12. The van der Waals surface area contributed by atoms with Gasteiger partial charge in [-0.3, -0.25) is 0 Å². The Kier molecular flexibility index (Phi) is 7.05. The first-order chi connectivity index (χ1) is 16.8. The number of fused-ring (bicyclic) bond motifs is 1. The van der Waals surface area contributed by atoms with Crippen LogP contribution in [-0.2, 0) is 29.0 Å². The number of ether oxygens (including phenoxy) is 1. The third kappa shape index (κ3) is 6.20. The largest absolute Gasteiger partial charge is 0.489 e. The normalized spacial score (nSPS) is 11.7. The van der Waals surface area contributed by atoms with E-state index in [2.05, 4.69) is 5.16 Å². The molecule has 0 bridgehead atoms. The van der Waals surface area contributed by atoms with E-state index < -0.39 is 24.3 Å². The highest BCUT2D eigenvalue weighted by Gasteiger charge is 2.30. The lowest BCUT2D eigenvalue weighted by Gasteiger charge is -2.11. The van der Waals surface area contributed by atoms with E-state index in [0.29, 0.717) is 23.4 Å². The zero-order valence-electron chi connectivity index (χ0n) is 18.4. The van der Waals surface area contributed by atoms with E-state index in [0.717, 1.165) is 28.6 Å². The summed E-state index contributed by atoms with van der Waals surface area (Å²) in [6, 6.07) is 20.2. The second kappa shape index (κ2) is 10.3. The van der Waals surface area contributed by atoms with Crippen LogP contribution in [0, 0.1) is 0 Å². The summed E-state index contributed by atoms with van der Waals surface area (Å²) in [7, 11) is 0. The first-order valence-electron chi connectivity index (χ1n) is 10.6. The van der Waals surface area contributed by atoms with Crippen molar-refractivity contribution < 1.29 is 32.6 Å². The summed E-state index contributed by atoms with van der Waals surface area (Å²) in [6.07, 6.45) is -1.14. The molecule has 35 heavy (non-hydrogen) atoms. The molecular weight excluding hydrogens is 461 g/mol. The van der Waals surface area contributed by atoms with Gasteiger partial charge in [0.25, 0.3) is 0 Å². The molecular formula is C26H21F3N2O4. The van der Waals surface area contributed by atoms with Crippen molar-refractivity contribution in [1.29, 1.82) is 0 Å². The molecule has 0 fully saturated rings. The number of aliphatic carboxylic acids is 1. The fourth-order valence-corrected chi connectivity index (χ4v) is 3.60. The number of carboxylic acid groups (broad SMARTS) is 1. The van der Waals surface area contributed by atoms with Crippen molar-refractivity contribution in [3.05, 3.63) is 101 Å². The molecule has 0 aliphatic rings. The number of aromatic nitrogens is 1. The van der Waals surface area contributed by atoms with Gasteiger partial charge < -0.3 is 19.2 Å². The Morgan fingerprint density at radius 2 is 1.77 bits per heavy atom. The molecule has 4 rings (SSSR count). The predicted octanol–water partition coefficient (Wildman–Crippen LogP) is 5.72. The van der Waals surface area contributed by atoms with Crippen molar-refractivity contribution >= 4 is 23.1 Å². The maximum absolute atomic E-state index is 13.0. The minimum Gasteiger partial charge on any atom is -0.489 e. The highest BCUT2D eigenvalue weighted by Crippen LogP contribution is 2.30. The van der Waals surface area contributed by atoms with Crippen LogP contribution in [0.4, 0.5) is 13.2 Å². The third-order valence-corrected chi connectivity index (χ3v) is 5.19. The van der Waals surface area contributed by atoms with Gasteiger partial charge in [0.2, 0.25) is 6.61 Å². The number of nitrogens with zero attached hydrogens (tertiary/aromatic N) is 2. The van der Waals surface area contributed by atoms with Gasteiger partial charge in [0.1, 0.15) is 12.4 Å². The number of alkyl halides is 3. The van der Waals surface area contributed by atoms with Crippen LogP contribution in [0.2, 0.25) is 0 Å². The van der Waals surface area contributed by atoms with Crippen molar-refractivity contribution in [3.8, 4) is 5.75 Å². The Balaban J connectivity index is 1.60. The van der Waals surface area contributed by atoms with Gasteiger partial charge in [-0.05, 0) is 41.5 Å². The molecule has 0 aliphatic heterocycles. The van der Waals surface area contributed by atoms with Gasteiger partial charge >= 0.3 is 12.1 Å². The van der Waals surface area contributed by atoms with E-state index in [-0.39, 0.29) is 6.61 Å². The first-order valence-corrected chi connectivity index (χ1v) is 10.6. The first kappa shape index (κ1) is 23.9. The van der Waals surface area contributed by atoms with E-state index in [9.17, 15) is 18.0 Å². The molecule has 0 unspecified atom stereocenters. The number of carboxylic acids is 1. The molecule has 9 heteroatoms. The number of halogens is 3. The molecule has 0 radical (unpaired) electrons. The van der Waals surface area contributed by atoms with E-state index >= 15 is 0 Å². The van der Waals surface area contributed by atoms with Crippen LogP contribution in [0.1, 0.15) is 22.3 Å². The number of benzene rings is 3. The topological polar surface area (TPSA) is 73.0 Å². The van der Waals surface area contributed by atoms with Gasteiger partial charge in [-0.25, -0.2) is 4.79 Å². The molecule has 0 spiro atoms. The lowest BCUT2D eigenvalue weighted by molar-refractivity contribution is -0.142. The van der Waals surface area contributed by atoms with Crippen LogP contribution in [0.5, 0.6) is 5.75 Å². The number of rotatable bonds is 9. The van der Waals surface area contributed by atoms with Crippen LogP contribution in [0.3, 0.4) is 0 Å². The maximum atomic E-state index is 13.0. The summed E-state index contributed by atoms with van der Waals surface area (Å²) in [5.41, 5.74) is 2.29. The van der Waals surface area contributed by atoms with Gasteiger partial charge in [-0.2, -0.15) is 13.2 Å². The molecule has 0 saturated heterocycles. The van der Waals surface area contributed by atoms with Gasteiger partial charge in [-0.1, -0.05) is 47.6 Å². The van der Waals surface area contributed by atoms with E-state index in [4.69, 9.17) is 14.7 Å². The monoisotopic (exact) mass is 482 g/mol. The number of hydrogen-bond acceptors (Lipinski definition) is 4. The lowest BCUT2D eigenvalue weighted by Crippen LogP contribution is -2.06. The smallest absolute Gasteiger partial charge is 0.416 e. The molecule has 0 amide bonds. The minimum atomic E-state index is -4.42. The van der Waals surface area contributed by atoms with Crippen LogP contribution < -0.4 is 4.74 Å². The molecule has 1 heterocycles. The highest BCUT2D eigenvalue weighted by atomic mass is 19.4. The van der Waals surface area contributed by atoms with Gasteiger partial charge in [0.15, 0.2) is 0 Å². The molecule has 180 valence electrons. The Bertz CT molecular complexity index is 1350. The van der Waals surface area contributed by atoms with Crippen molar-refractivity contribution in [2.24, 2.45) is 5.16 Å². The molecule has 6 nitrogen and oxygen atoms in total. The second-order valence-electron chi connectivity index (χ2n) is 7.77.